The van der Waals surface area contributed by atoms with Crippen molar-refractivity contribution >= 4 is 13.7 Å². The standard InChI is InChI=1S/C35H69N2O6P/c1-6-8-10-11-12-13-14-15-16-17-18-19-20-21-22-23-24-25-27-28-34(38)33(36-35(39)29-26-9-7-2)32-43-44(40,41)42-31-30-37(3,4)5/h22-23,27-28,33-34,38H,6-21,24-26,29-32H2,1-5H3,(H-,36,39,40,41)/b23-22+,28-27+. The summed E-state index contributed by atoms with van der Waals surface area (Å²) in [6, 6.07) is -0.893. The molecule has 0 heterocycles. The third-order valence-corrected chi connectivity index (χ3v) is 8.63. The number of phosphoric acid groups is 1. The predicted octanol–water partition coefficient (Wildman–Crippen LogP) is 7.99. The zero-order valence-electron chi connectivity index (χ0n) is 29.1. The Hall–Kier alpha value is -1.02. The molecule has 0 aliphatic rings. The van der Waals surface area contributed by atoms with Crippen LogP contribution in [0.3, 0.4) is 0 Å². The van der Waals surface area contributed by atoms with Crippen molar-refractivity contribution in [3.63, 3.8) is 0 Å². The lowest BCUT2D eigenvalue weighted by atomic mass is 10.0. The number of hydrogen-bond acceptors (Lipinski definition) is 6. The van der Waals surface area contributed by atoms with E-state index in [0.29, 0.717) is 17.4 Å². The second kappa shape index (κ2) is 28.2. The van der Waals surface area contributed by atoms with E-state index in [1.807, 2.05) is 27.2 Å². The molecule has 0 spiro atoms. The van der Waals surface area contributed by atoms with Gasteiger partial charge in [0.1, 0.15) is 13.2 Å². The molecule has 0 aromatic rings. The first-order chi connectivity index (χ1) is 21.0. The number of unbranched alkanes of at least 4 members (excludes halogenated alkanes) is 16. The first-order valence-electron chi connectivity index (χ1n) is 17.7. The summed E-state index contributed by atoms with van der Waals surface area (Å²) < 4.78 is 22.8. The van der Waals surface area contributed by atoms with Crippen LogP contribution in [-0.4, -0.2) is 68.5 Å². The summed E-state index contributed by atoms with van der Waals surface area (Å²) in [4.78, 5) is 24.6. The molecule has 2 N–H and O–H groups in total. The summed E-state index contributed by atoms with van der Waals surface area (Å²) in [5.74, 6) is -0.234. The molecule has 0 aliphatic heterocycles. The van der Waals surface area contributed by atoms with Crippen LogP contribution in [0.15, 0.2) is 24.3 Å². The van der Waals surface area contributed by atoms with E-state index in [9.17, 15) is 19.4 Å². The zero-order valence-corrected chi connectivity index (χ0v) is 30.0. The van der Waals surface area contributed by atoms with Crippen LogP contribution in [-0.2, 0) is 18.4 Å². The van der Waals surface area contributed by atoms with Crippen LogP contribution >= 0.6 is 7.82 Å². The maximum absolute atomic E-state index is 12.4. The number of aliphatic hydroxyl groups excluding tert-OH is 1. The largest absolute Gasteiger partial charge is 0.756 e. The van der Waals surface area contributed by atoms with Crippen molar-refractivity contribution in [2.45, 2.75) is 154 Å². The number of phosphoric ester groups is 1. The maximum Gasteiger partial charge on any atom is 0.268 e. The van der Waals surface area contributed by atoms with Gasteiger partial charge >= 0.3 is 0 Å². The molecular formula is C35H69N2O6P. The second-order valence-electron chi connectivity index (χ2n) is 13.2. The van der Waals surface area contributed by atoms with Gasteiger partial charge < -0.3 is 28.8 Å². The normalized spacial score (nSPS) is 15.2. The van der Waals surface area contributed by atoms with Crippen LogP contribution in [0.5, 0.6) is 0 Å². The minimum Gasteiger partial charge on any atom is -0.756 e. The molecule has 3 unspecified atom stereocenters. The molecule has 0 rings (SSSR count). The fourth-order valence-corrected chi connectivity index (χ4v) is 5.48. The molecule has 260 valence electrons. The minimum absolute atomic E-state index is 0.00630. The number of nitrogens with one attached hydrogen (secondary N) is 1. The fraction of sp³-hybridized carbons (Fsp3) is 0.857. The van der Waals surface area contributed by atoms with Gasteiger partial charge in [0.05, 0.1) is 39.9 Å². The Labute approximate surface area is 271 Å². The summed E-state index contributed by atoms with van der Waals surface area (Å²) in [7, 11) is 1.24. The number of amides is 1. The summed E-state index contributed by atoms with van der Waals surface area (Å²) >= 11 is 0. The molecule has 9 heteroatoms. The first kappa shape index (κ1) is 43.0. The third-order valence-electron chi connectivity index (χ3n) is 7.66. The number of nitrogens with zero attached hydrogens (tertiary/aromatic N) is 1. The summed E-state index contributed by atoms with van der Waals surface area (Å²) in [6.45, 7) is 4.42. The van der Waals surface area contributed by atoms with Crippen molar-refractivity contribution in [1.29, 1.82) is 0 Å². The van der Waals surface area contributed by atoms with E-state index in [1.54, 1.807) is 6.08 Å². The number of quaternary nitrogens is 1. The SMILES string of the molecule is CCCCCCCCCCCCCCC/C=C/CC/C=C/C(O)C(COP(=O)([O-])OCC[N+](C)(C)C)NC(=O)CCCCC. The van der Waals surface area contributed by atoms with E-state index in [2.05, 4.69) is 31.3 Å². The molecule has 0 aromatic carbocycles. The van der Waals surface area contributed by atoms with Gasteiger partial charge in [0.2, 0.25) is 5.91 Å². The van der Waals surface area contributed by atoms with Crippen molar-refractivity contribution in [2.75, 3.05) is 40.9 Å². The fourth-order valence-electron chi connectivity index (χ4n) is 4.75. The van der Waals surface area contributed by atoms with Gasteiger partial charge in [-0.05, 0) is 32.1 Å². The van der Waals surface area contributed by atoms with E-state index in [0.717, 1.165) is 38.5 Å². The molecule has 44 heavy (non-hydrogen) atoms. The molecule has 0 saturated carbocycles. The van der Waals surface area contributed by atoms with Gasteiger partial charge in [-0.2, -0.15) is 0 Å². The van der Waals surface area contributed by atoms with Crippen LogP contribution < -0.4 is 10.2 Å². The Morgan fingerprint density at radius 2 is 1.27 bits per heavy atom. The number of carbonyl (C=O) groups excluding carboxylic acids is 1. The average molecular weight is 645 g/mol. The van der Waals surface area contributed by atoms with Gasteiger partial charge in [-0.3, -0.25) is 9.36 Å². The van der Waals surface area contributed by atoms with Gasteiger partial charge in [-0.15, -0.1) is 0 Å². The Morgan fingerprint density at radius 1 is 0.773 bits per heavy atom. The van der Waals surface area contributed by atoms with Gasteiger partial charge in [0.15, 0.2) is 0 Å². The smallest absolute Gasteiger partial charge is 0.268 e. The highest BCUT2D eigenvalue weighted by Gasteiger charge is 2.23. The molecule has 0 bridgehead atoms. The lowest BCUT2D eigenvalue weighted by Crippen LogP contribution is -2.45. The van der Waals surface area contributed by atoms with Crippen molar-refractivity contribution in [1.82, 2.24) is 5.32 Å². The quantitative estimate of drug-likeness (QED) is 0.0343. The maximum atomic E-state index is 12.4. The van der Waals surface area contributed by atoms with Gasteiger partial charge in [-0.25, -0.2) is 0 Å². The lowest BCUT2D eigenvalue weighted by Gasteiger charge is -2.29. The lowest BCUT2D eigenvalue weighted by molar-refractivity contribution is -0.870. The predicted molar refractivity (Wildman–Crippen MR) is 182 cm³/mol. The Balaban J connectivity index is 4.29. The molecule has 0 fully saturated rings. The third kappa shape index (κ3) is 29.7. The summed E-state index contributed by atoms with van der Waals surface area (Å²) in [5.41, 5.74) is 0. The van der Waals surface area contributed by atoms with Gasteiger partial charge in [0, 0.05) is 6.42 Å². The van der Waals surface area contributed by atoms with Gasteiger partial charge in [-0.1, -0.05) is 128 Å². The molecule has 0 saturated heterocycles. The highest BCUT2D eigenvalue weighted by molar-refractivity contribution is 7.45. The van der Waals surface area contributed by atoms with Crippen molar-refractivity contribution in [3.8, 4) is 0 Å². The number of aliphatic hydroxyl groups is 1. The van der Waals surface area contributed by atoms with Crippen LogP contribution in [0.2, 0.25) is 0 Å². The highest BCUT2D eigenvalue weighted by atomic mass is 31.2. The molecule has 8 nitrogen and oxygen atoms in total. The molecule has 0 aliphatic carbocycles. The number of carbonyl (C=O) groups is 1. The molecule has 0 aromatic heterocycles. The Bertz CT molecular complexity index is 784. The summed E-state index contributed by atoms with van der Waals surface area (Å²) in [5, 5.41) is 13.5. The second-order valence-corrected chi connectivity index (χ2v) is 14.6. The Morgan fingerprint density at radius 3 is 1.84 bits per heavy atom. The van der Waals surface area contributed by atoms with E-state index < -0.39 is 26.6 Å². The van der Waals surface area contributed by atoms with Crippen molar-refractivity contribution in [3.05, 3.63) is 24.3 Å². The number of hydrogen-bond donors (Lipinski definition) is 2. The molecular weight excluding hydrogens is 575 g/mol. The van der Waals surface area contributed by atoms with Crippen LogP contribution in [0.25, 0.3) is 0 Å². The van der Waals surface area contributed by atoms with Crippen molar-refractivity contribution in [2.24, 2.45) is 0 Å². The number of rotatable bonds is 31. The molecule has 1 amide bonds. The molecule has 3 atom stereocenters. The number of allylic oxidation sites excluding steroid dienone is 3. The van der Waals surface area contributed by atoms with E-state index in [4.69, 9.17) is 9.05 Å². The summed E-state index contributed by atoms with van der Waals surface area (Å²) in [6.07, 6.45) is 30.2. The average Bonchev–Trinajstić information content (AvgIpc) is 2.95. The van der Waals surface area contributed by atoms with Crippen LogP contribution in [0, 0.1) is 0 Å². The van der Waals surface area contributed by atoms with E-state index >= 15 is 0 Å². The monoisotopic (exact) mass is 644 g/mol. The highest BCUT2D eigenvalue weighted by Crippen LogP contribution is 2.38. The van der Waals surface area contributed by atoms with E-state index in [1.165, 1.54) is 83.5 Å². The van der Waals surface area contributed by atoms with Crippen LogP contribution in [0.1, 0.15) is 142 Å². The van der Waals surface area contributed by atoms with Crippen molar-refractivity contribution < 1.29 is 32.9 Å². The van der Waals surface area contributed by atoms with Crippen LogP contribution in [0.4, 0.5) is 0 Å². The molecule has 0 radical (unpaired) electrons. The number of likely N-dealkylation sites (N-methyl/N-ethyl adjacent to an activating group) is 1. The van der Waals surface area contributed by atoms with Gasteiger partial charge in [0.25, 0.3) is 7.82 Å². The minimum atomic E-state index is -4.56. The van der Waals surface area contributed by atoms with E-state index in [-0.39, 0.29) is 12.5 Å². The topological polar surface area (TPSA) is 108 Å². The first-order valence-corrected chi connectivity index (χ1v) is 19.2. The Kier molecular flexibility index (Phi) is 27.6. The zero-order chi connectivity index (χ0) is 32.9.